The first-order chi connectivity index (χ1) is 9.66. The van der Waals surface area contributed by atoms with Crippen LogP contribution in [0.2, 0.25) is 0 Å². The molecule has 1 unspecified atom stereocenters. The van der Waals surface area contributed by atoms with Gasteiger partial charge in [-0.15, -0.1) is 0 Å². The third-order valence-corrected chi connectivity index (χ3v) is 3.80. The Balaban J connectivity index is 2.00. The van der Waals surface area contributed by atoms with Crippen LogP contribution >= 0.6 is 0 Å². The summed E-state index contributed by atoms with van der Waals surface area (Å²) in [6.07, 6.45) is 2.17. The molecule has 3 rings (SSSR count). The van der Waals surface area contributed by atoms with Gasteiger partial charge in [0.05, 0.1) is 11.7 Å². The molecular formula is C17H17FN2. The largest absolute Gasteiger partial charge is 0.308 e. The summed E-state index contributed by atoms with van der Waals surface area (Å²) in [5, 5.41) is 4.21. The third kappa shape index (κ3) is 2.21. The highest BCUT2D eigenvalue weighted by molar-refractivity contribution is 5.66. The summed E-state index contributed by atoms with van der Waals surface area (Å²) in [4.78, 5) is 0. The first-order valence-electron chi connectivity index (χ1n) is 6.66. The van der Waals surface area contributed by atoms with Gasteiger partial charge in [-0.2, -0.15) is 0 Å². The van der Waals surface area contributed by atoms with E-state index in [4.69, 9.17) is 0 Å². The molecule has 2 aromatic carbocycles. The Morgan fingerprint density at radius 2 is 1.70 bits per heavy atom. The second-order valence-electron chi connectivity index (χ2n) is 5.02. The van der Waals surface area contributed by atoms with Crippen molar-refractivity contribution >= 4 is 5.70 Å². The van der Waals surface area contributed by atoms with E-state index in [1.165, 1.54) is 11.6 Å². The highest BCUT2D eigenvalue weighted by atomic mass is 19.1. The third-order valence-electron chi connectivity index (χ3n) is 3.80. The average Bonchev–Trinajstić information content (AvgIpc) is 2.76. The van der Waals surface area contributed by atoms with Crippen molar-refractivity contribution in [3.63, 3.8) is 0 Å². The van der Waals surface area contributed by atoms with E-state index in [0.29, 0.717) is 0 Å². The molecule has 2 aromatic rings. The van der Waals surface area contributed by atoms with E-state index >= 15 is 0 Å². The van der Waals surface area contributed by atoms with Crippen molar-refractivity contribution in [3.05, 3.63) is 77.6 Å². The van der Waals surface area contributed by atoms with Gasteiger partial charge in [-0.25, -0.2) is 9.40 Å². The molecular weight excluding hydrogens is 251 g/mol. The molecule has 1 atom stereocenters. The van der Waals surface area contributed by atoms with Crippen LogP contribution in [0, 0.1) is 5.82 Å². The van der Waals surface area contributed by atoms with Gasteiger partial charge < -0.3 is 5.01 Å². The van der Waals surface area contributed by atoms with Crippen molar-refractivity contribution in [1.29, 1.82) is 0 Å². The Morgan fingerprint density at radius 3 is 2.40 bits per heavy atom. The fourth-order valence-corrected chi connectivity index (χ4v) is 2.61. The number of rotatable bonds is 2. The molecule has 102 valence electrons. The summed E-state index contributed by atoms with van der Waals surface area (Å²) >= 11 is 0. The van der Waals surface area contributed by atoms with Crippen molar-refractivity contribution in [2.75, 3.05) is 14.1 Å². The Hall–Kier alpha value is -2.13. The SMILES string of the molecule is CN1C(c2cccc(F)c2)=CC(c2ccccc2)N1C. The van der Waals surface area contributed by atoms with Crippen molar-refractivity contribution in [3.8, 4) is 0 Å². The minimum atomic E-state index is -0.206. The molecule has 0 bridgehead atoms. The quantitative estimate of drug-likeness (QED) is 0.819. The summed E-state index contributed by atoms with van der Waals surface area (Å²) < 4.78 is 13.4. The van der Waals surface area contributed by atoms with Crippen molar-refractivity contribution in [2.24, 2.45) is 0 Å². The lowest BCUT2D eigenvalue weighted by molar-refractivity contribution is 0.0831. The number of nitrogens with zero attached hydrogens (tertiary/aromatic N) is 2. The van der Waals surface area contributed by atoms with E-state index in [0.717, 1.165) is 11.3 Å². The summed E-state index contributed by atoms with van der Waals surface area (Å²) in [6, 6.07) is 17.2. The Kier molecular flexibility index (Phi) is 3.28. The van der Waals surface area contributed by atoms with Crippen LogP contribution in [0.25, 0.3) is 5.70 Å². The molecule has 0 N–H and O–H groups in total. The van der Waals surface area contributed by atoms with Gasteiger partial charge in [0, 0.05) is 19.7 Å². The molecule has 2 nitrogen and oxygen atoms in total. The van der Waals surface area contributed by atoms with Gasteiger partial charge in [0.2, 0.25) is 0 Å². The van der Waals surface area contributed by atoms with Crippen LogP contribution in [0.4, 0.5) is 4.39 Å². The van der Waals surface area contributed by atoms with E-state index in [-0.39, 0.29) is 11.9 Å². The fourth-order valence-electron chi connectivity index (χ4n) is 2.61. The van der Waals surface area contributed by atoms with E-state index in [2.05, 4.69) is 28.2 Å². The van der Waals surface area contributed by atoms with Crippen LogP contribution in [-0.4, -0.2) is 24.1 Å². The normalized spacial score (nSPS) is 19.2. The van der Waals surface area contributed by atoms with Crippen LogP contribution < -0.4 is 0 Å². The smallest absolute Gasteiger partial charge is 0.123 e. The summed E-state index contributed by atoms with van der Waals surface area (Å²) in [5.74, 6) is -0.206. The zero-order valence-electron chi connectivity index (χ0n) is 11.6. The number of likely N-dealkylation sites (N-methyl/N-ethyl adjacent to an activating group) is 1. The van der Waals surface area contributed by atoms with E-state index in [1.54, 1.807) is 12.1 Å². The first-order valence-corrected chi connectivity index (χ1v) is 6.66. The predicted octanol–water partition coefficient (Wildman–Crippen LogP) is 3.70. The van der Waals surface area contributed by atoms with Crippen LogP contribution in [0.5, 0.6) is 0 Å². The molecule has 0 saturated carbocycles. The van der Waals surface area contributed by atoms with Gasteiger partial charge in [0.15, 0.2) is 0 Å². The van der Waals surface area contributed by atoms with Gasteiger partial charge in [0.1, 0.15) is 5.82 Å². The molecule has 1 aliphatic heterocycles. The molecule has 0 spiro atoms. The minimum absolute atomic E-state index is 0.180. The summed E-state index contributed by atoms with van der Waals surface area (Å²) in [7, 11) is 4.04. The second kappa shape index (κ2) is 5.10. The van der Waals surface area contributed by atoms with Crippen molar-refractivity contribution in [1.82, 2.24) is 10.0 Å². The van der Waals surface area contributed by atoms with Gasteiger partial charge in [-0.05, 0) is 23.8 Å². The number of hydrogen-bond acceptors (Lipinski definition) is 2. The fraction of sp³-hybridized carbons (Fsp3) is 0.176. The molecule has 0 aromatic heterocycles. The Bertz CT molecular complexity index is 636. The maximum atomic E-state index is 13.4. The summed E-state index contributed by atoms with van der Waals surface area (Å²) in [5.41, 5.74) is 3.16. The van der Waals surface area contributed by atoms with Gasteiger partial charge in [0.25, 0.3) is 0 Å². The topological polar surface area (TPSA) is 6.48 Å². The van der Waals surface area contributed by atoms with Gasteiger partial charge in [-0.3, -0.25) is 0 Å². The van der Waals surface area contributed by atoms with Crippen LogP contribution in [0.15, 0.2) is 60.7 Å². The maximum absolute atomic E-state index is 13.4. The minimum Gasteiger partial charge on any atom is -0.308 e. The predicted molar refractivity (Wildman–Crippen MR) is 79.1 cm³/mol. The second-order valence-corrected chi connectivity index (χ2v) is 5.02. The highest BCUT2D eigenvalue weighted by Crippen LogP contribution is 2.35. The molecule has 0 amide bonds. The standard InChI is InChI=1S/C17H17FN2/c1-19-16(13-7-4-3-5-8-13)12-17(20(19)2)14-9-6-10-15(18)11-14/h3-12,16H,1-2H3. The highest BCUT2D eigenvalue weighted by Gasteiger charge is 2.28. The summed E-state index contributed by atoms with van der Waals surface area (Å²) in [6.45, 7) is 0. The zero-order valence-corrected chi connectivity index (χ0v) is 11.6. The van der Waals surface area contributed by atoms with E-state index in [1.807, 2.05) is 38.4 Å². The van der Waals surface area contributed by atoms with Gasteiger partial charge in [-0.1, -0.05) is 42.5 Å². The molecule has 0 radical (unpaired) electrons. The lowest BCUT2D eigenvalue weighted by Gasteiger charge is -2.29. The first kappa shape index (κ1) is 12.9. The number of halogens is 1. The van der Waals surface area contributed by atoms with E-state index < -0.39 is 0 Å². The lowest BCUT2D eigenvalue weighted by atomic mass is 10.0. The van der Waals surface area contributed by atoms with Crippen LogP contribution in [0.3, 0.4) is 0 Å². The van der Waals surface area contributed by atoms with Crippen LogP contribution in [0.1, 0.15) is 17.2 Å². The monoisotopic (exact) mass is 268 g/mol. The zero-order chi connectivity index (χ0) is 14.1. The van der Waals surface area contributed by atoms with Crippen molar-refractivity contribution in [2.45, 2.75) is 6.04 Å². The van der Waals surface area contributed by atoms with Crippen LogP contribution in [-0.2, 0) is 0 Å². The Labute approximate surface area is 118 Å². The number of benzene rings is 2. The number of hydrogen-bond donors (Lipinski definition) is 0. The number of hydrazine groups is 1. The molecule has 20 heavy (non-hydrogen) atoms. The maximum Gasteiger partial charge on any atom is 0.123 e. The molecule has 0 aliphatic carbocycles. The lowest BCUT2D eigenvalue weighted by Crippen LogP contribution is -2.31. The van der Waals surface area contributed by atoms with E-state index in [9.17, 15) is 4.39 Å². The molecule has 3 heteroatoms. The van der Waals surface area contributed by atoms with Gasteiger partial charge >= 0.3 is 0 Å². The molecule has 0 fully saturated rings. The molecule has 1 heterocycles. The Morgan fingerprint density at radius 1 is 0.950 bits per heavy atom. The van der Waals surface area contributed by atoms with Crippen molar-refractivity contribution < 1.29 is 4.39 Å². The average molecular weight is 268 g/mol. The molecule has 1 aliphatic rings. The molecule has 0 saturated heterocycles.